The van der Waals surface area contributed by atoms with Crippen LogP contribution >= 0.6 is 55.1 Å². The molecule has 0 aromatic carbocycles. The zero-order valence-corrected chi connectivity index (χ0v) is 54.8. The van der Waals surface area contributed by atoms with Gasteiger partial charge in [0.2, 0.25) is 35.2 Å². The van der Waals surface area contributed by atoms with Gasteiger partial charge in [-0.2, -0.15) is 39.4 Å². The molecule has 0 aliphatic rings. The molecule has 34 nitrogen and oxygen atoms in total. The van der Waals surface area contributed by atoms with E-state index in [0.717, 1.165) is 76.9 Å². The Hall–Kier alpha value is -9.94. The van der Waals surface area contributed by atoms with E-state index in [1.807, 2.05) is 55.4 Å². The normalized spacial score (nSPS) is 11.1. The van der Waals surface area contributed by atoms with E-state index in [0.29, 0.717) is 89.8 Å². The second-order valence-electron chi connectivity index (χ2n) is 19.7. The topological polar surface area (TPSA) is 447 Å². The number of aryl methyl sites for hydroxylation is 4. The lowest BCUT2D eigenvalue weighted by Crippen LogP contribution is -2.35. The molecule has 8 N–H and O–H groups in total. The predicted octanol–water partition coefficient (Wildman–Crippen LogP) is 4.80. The second kappa shape index (κ2) is 26.8. The average molecular weight is 1400 g/mol. The number of halogens is 4. The van der Waals surface area contributed by atoms with E-state index in [1.54, 1.807) is 50.2 Å². The summed E-state index contributed by atoms with van der Waals surface area (Å²) in [5.74, 6) is 3.31. The minimum absolute atomic E-state index is 0.0132. The van der Waals surface area contributed by atoms with E-state index in [-0.39, 0.29) is 47.2 Å². The van der Waals surface area contributed by atoms with Gasteiger partial charge < -0.3 is 52.3 Å². The third-order valence-electron chi connectivity index (χ3n) is 13.9. The Bertz CT molecular complexity index is 4420. The van der Waals surface area contributed by atoms with Gasteiger partial charge in [0.25, 0.3) is 0 Å². The number of nitrogens with zero attached hydrogens (tertiary/aromatic N) is 24. The maximum Gasteiger partial charge on any atom is 0.223 e. The van der Waals surface area contributed by atoms with Crippen LogP contribution in [0, 0.1) is 65.8 Å². The Labute approximate surface area is 536 Å². The van der Waals surface area contributed by atoms with Gasteiger partial charge in [0.05, 0.1) is 75.2 Å². The summed E-state index contributed by atoms with van der Waals surface area (Å²) in [7, 11) is 6.42. The van der Waals surface area contributed by atoms with E-state index in [1.165, 1.54) is 21.8 Å². The summed E-state index contributed by atoms with van der Waals surface area (Å²) in [5.41, 5.74) is 35.7. The molecule has 38 heteroatoms. The second-order valence-corrected chi connectivity index (χ2v) is 22.0. The molecule has 0 radical (unpaired) electrons. The Kier molecular flexibility index (Phi) is 19.2. The lowest BCUT2D eigenvalue weighted by molar-refractivity contribution is -0.615. The SMILES string of the molecule is COc1c(C)c[n+]([O-])c(Cn2nnc3c(Br)nc(N)nc32)c1C.COc1c(C)c[n+]([O-])c(Cn2nnc3c(Cl)nc(N)nc32)c1C.COc1c(C)cnc(Cn2nnc3c(Br)nc(N)nc32)c1C.COc1c(C)cnc(Cn2nnc3c(Cl)nc(N)nc32)c1C. The molecule has 12 heterocycles. The Morgan fingerprint density at radius 3 is 1.04 bits per heavy atom. The fourth-order valence-electron chi connectivity index (χ4n) is 9.63. The number of methoxy groups -OCH3 is 4. The minimum Gasteiger partial charge on any atom is -0.618 e. The van der Waals surface area contributed by atoms with Crippen molar-refractivity contribution in [3.63, 3.8) is 0 Å². The van der Waals surface area contributed by atoms with E-state index >= 15 is 0 Å². The van der Waals surface area contributed by atoms with Crippen LogP contribution in [0.25, 0.3) is 44.7 Å². The van der Waals surface area contributed by atoms with E-state index in [4.69, 9.17) is 65.1 Å². The minimum atomic E-state index is 0.0132. The first kappa shape index (κ1) is 64.5. The van der Waals surface area contributed by atoms with E-state index in [2.05, 4.69) is 123 Å². The van der Waals surface area contributed by atoms with Crippen LogP contribution in [-0.4, -0.2) is 138 Å². The van der Waals surface area contributed by atoms with Gasteiger partial charge in [0, 0.05) is 34.6 Å². The van der Waals surface area contributed by atoms with Gasteiger partial charge in [0.15, 0.2) is 67.4 Å². The first-order valence-corrected chi connectivity index (χ1v) is 28.8. The number of fused-ring (bicyclic) bond motifs is 4. The Morgan fingerprint density at radius 1 is 0.422 bits per heavy atom. The number of hydrogen-bond acceptors (Lipinski definition) is 28. The van der Waals surface area contributed by atoms with Crippen molar-refractivity contribution in [2.45, 2.75) is 81.6 Å². The van der Waals surface area contributed by atoms with E-state index < -0.39 is 0 Å². The van der Waals surface area contributed by atoms with Gasteiger partial charge in [-0.25, -0.2) is 28.7 Å². The first-order valence-electron chi connectivity index (χ1n) is 26.5. The molecule has 0 aliphatic carbocycles. The van der Waals surface area contributed by atoms with Gasteiger partial charge in [-0.3, -0.25) is 9.97 Å². The number of anilines is 4. The Morgan fingerprint density at radius 2 is 0.711 bits per heavy atom. The van der Waals surface area contributed by atoms with Crippen LogP contribution in [0.3, 0.4) is 0 Å². The molecule has 468 valence electrons. The third-order valence-corrected chi connectivity index (χ3v) is 15.5. The fourth-order valence-corrected chi connectivity index (χ4v) is 10.9. The van der Waals surface area contributed by atoms with Gasteiger partial charge in [-0.15, -0.1) is 20.4 Å². The van der Waals surface area contributed by atoms with Crippen molar-refractivity contribution >= 4 is 124 Å². The van der Waals surface area contributed by atoms with Crippen molar-refractivity contribution in [3.05, 3.63) is 122 Å². The highest BCUT2D eigenvalue weighted by atomic mass is 79.9. The van der Waals surface area contributed by atoms with Crippen molar-refractivity contribution in [3.8, 4) is 23.0 Å². The van der Waals surface area contributed by atoms with Crippen LogP contribution in [0.5, 0.6) is 23.0 Å². The summed E-state index contributed by atoms with van der Waals surface area (Å²) in [6, 6.07) is 0. The van der Waals surface area contributed by atoms with Crippen LogP contribution in [0.2, 0.25) is 10.3 Å². The molecule has 12 aromatic heterocycles. The third kappa shape index (κ3) is 13.1. The van der Waals surface area contributed by atoms with Crippen molar-refractivity contribution < 1.29 is 28.4 Å². The number of aromatic nitrogens is 24. The van der Waals surface area contributed by atoms with Gasteiger partial charge >= 0.3 is 0 Å². The zero-order chi connectivity index (χ0) is 65.2. The molecule has 0 bridgehead atoms. The quantitative estimate of drug-likeness (QED) is 0.0725. The molecule has 12 aromatic rings. The number of hydrogen-bond donors (Lipinski definition) is 4. The first-order chi connectivity index (χ1) is 42.9. The fraction of sp³-hybridized carbons (Fsp3) is 0.308. The highest BCUT2D eigenvalue weighted by molar-refractivity contribution is 9.10. The molecule has 0 amide bonds. The summed E-state index contributed by atoms with van der Waals surface area (Å²) in [6.45, 7) is 16.2. The van der Waals surface area contributed by atoms with E-state index in [9.17, 15) is 10.4 Å². The van der Waals surface area contributed by atoms with Crippen LogP contribution < -0.4 is 51.3 Å². The average Bonchev–Trinajstić information content (AvgIpc) is 1.60. The van der Waals surface area contributed by atoms with Crippen molar-refractivity contribution in [2.75, 3.05) is 51.4 Å². The van der Waals surface area contributed by atoms with Crippen molar-refractivity contribution in [2.24, 2.45) is 0 Å². The summed E-state index contributed by atoms with van der Waals surface area (Å²) >= 11 is 18.6. The molecule has 0 aliphatic heterocycles. The maximum atomic E-state index is 12.3. The summed E-state index contributed by atoms with van der Waals surface area (Å²) in [6.07, 6.45) is 6.46. The van der Waals surface area contributed by atoms with Gasteiger partial charge in [-0.1, -0.05) is 44.1 Å². The molecular formula is C52H56Br2Cl2N28O6. The maximum absolute atomic E-state index is 12.3. The molecule has 0 spiro atoms. The summed E-state index contributed by atoms with van der Waals surface area (Å²) in [4.78, 5) is 41.1. The highest BCUT2D eigenvalue weighted by Gasteiger charge is 2.24. The molecule has 0 unspecified atom stereocenters. The molecule has 0 saturated heterocycles. The highest BCUT2D eigenvalue weighted by Crippen LogP contribution is 2.30. The molecular weight excluding hydrogens is 1340 g/mol. The monoisotopic (exact) mass is 1400 g/mol. The smallest absolute Gasteiger partial charge is 0.223 e. The zero-order valence-electron chi connectivity index (χ0n) is 50.1. The standard InChI is InChI=1S/C13H14BrN7O2.C13H14BrN7O.C13H14ClN7O2.C13H14ClN7O/c1-6-4-21(22)8(7(2)10(6)23-3)5-20-12-9(18-19-20)11(14)16-13(15)17-12;1-6-4-16-8(7(2)10(6)22-3)5-21-12-9(19-20-21)11(14)17-13(15)18-12;1-6-4-21(22)8(7(2)10(6)23-3)5-20-12-9(18-19-20)11(14)16-13(15)17-12;1-6-4-16-8(7(2)10(6)22-3)5-21-12-9(19-20-21)11(14)17-13(15)18-12/h4H,5H2,1-3H3,(H2,15,16,17);4H,5H2,1-3H3,(H2,15,17,18);4H,5H2,1-3H3,(H2,15,16,17);4H,5H2,1-3H3,(H2,15,17,18). The molecule has 12 rings (SSSR count). The Balaban J connectivity index is 0.000000142. The molecule has 0 fully saturated rings. The summed E-state index contributed by atoms with van der Waals surface area (Å²) in [5, 5.41) is 57.0. The van der Waals surface area contributed by atoms with Crippen LogP contribution in [0.15, 0.2) is 34.0 Å². The number of nitrogen functional groups attached to an aromatic ring is 4. The number of nitrogens with two attached hydrogens (primary N) is 4. The molecule has 90 heavy (non-hydrogen) atoms. The molecule has 0 atom stereocenters. The molecule has 0 saturated carbocycles. The number of ether oxygens (including phenoxy) is 4. The number of pyridine rings is 4. The van der Waals surface area contributed by atoms with Gasteiger partial charge in [0.1, 0.15) is 45.3 Å². The van der Waals surface area contributed by atoms with Crippen LogP contribution in [-0.2, 0) is 26.2 Å². The predicted molar refractivity (Wildman–Crippen MR) is 335 cm³/mol. The lowest BCUT2D eigenvalue weighted by atomic mass is 10.1. The van der Waals surface area contributed by atoms with Crippen molar-refractivity contribution in [1.82, 2.24) is 110 Å². The number of rotatable bonds is 12. The largest absolute Gasteiger partial charge is 0.618 e. The summed E-state index contributed by atoms with van der Waals surface area (Å²) < 4.78 is 30.3. The van der Waals surface area contributed by atoms with Gasteiger partial charge in [-0.05, 0) is 87.2 Å². The van der Waals surface area contributed by atoms with Crippen LogP contribution in [0.1, 0.15) is 67.3 Å². The van der Waals surface area contributed by atoms with Crippen LogP contribution in [0.4, 0.5) is 23.8 Å². The lowest BCUT2D eigenvalue weighted by Gasteiger charge is -2.13. The van der Waals surface area contributed by atoms with Crippen molar-refractivity contribution in [1.29, 1.82) is 0 Å².